The Morgan fingerprint density at radius 1 is 1.05 bits per heavy atom. The zero-order valence-corrected chi connectivity index (χ0v) is 11.0. The molecule has 0 unspecified atom stereocenters. The van der Waals surface area contributed by atoms with Crippen LogP contribution in [-0.2, 0) is 0 Å². The minimum absolute atomic E-state index is 0.0706. The van der Waals surface area contributed by atoms with Gasteiger partial charge in [0.05, 0.1) is 0 Å². The van der Waals surface area contributed by atoms with Crippen LogP contribution in [0.5, 0.6) is 5.75 Å². The maximum absolute atomic E-state index is 12.1. The number of nitrogens with two attached hydrogens (primary N) is 2. The molecule has 0 aliphatic heterocycles. The van der Waals surface area contributed by atoms with Crippen molar-refractivity contribution in [1.29, 1.82) is 0 Å². The van der Waals surface area contributed by atoms with E-state index < -0.39 is 6.36 Å². The van der Waals surface area contributed by atoms with Gasteiger partial charge in [0.1, 0.15) is 17.1 Å². The fourth-order valence-electron chi connectivity index (χ4n) is 2.08. The van der Waals surface area contributed by atoms with Crippen molar-refractivity contribution in [2.75, 3.05) is 11.5 Å². The van der Waals surface area contributed by atoms with E-state index >= 15 is 0 Å². The summed E-state index contributed by atoms with van der Waals surface area (Å²) in [6.45, 7) is 0. The summed E-state index contributed by atoms with van der Waals surface area (Å²) in [6.07, 6.45) is -3.22. The molecule has 0 fully saturated rings. The van der Waals surface area contributed by atoms with Crippen molar-refractivity contribution in [2.24, 2.45) is 0 Å². The van der Waals surface area contributed by atoms with Crippen LogP contribution in [0, 0.1) is 0 Å². The summed E-state index contributed by atoms with van der Waals surface area (Å²) < 4.78 is 45.6. The highest BCUT2D eigenvalue weighted by atomic mass is 19.4. The van der Waals surface area contributed by atoms with Crippen molar-refractivity contribution in [2.45, 2.75) is 6.36 Å². The van der Waals surface area contributed by atoms with E-state index in [1.54, 1.807) is 6.07 Å². The molecule has 0 saturated carbocycles. The van der Waals surface area contributed by atoms with Gasteiger partial charge in [-0.15, -0.1) is 13.2 Å². The van der Waals surface area contributed by atoms with Gasteiger partial charge in [-0.05, 0) is 30.3 Å². The molecule has 0 saturated heterocycles. The number of fused-ring (bicyclic) bond motifs is 1. The Hall–Kier alpha value is -2.90. The van der Waals surface area contributed by atoms with Crippen LogP contribution in [-0.4, -0.2) is 11.3 Å². The van der Waals surface area contributed by atoms with Crippen molar-refractivity contribution in [3.63, 3.8) is 0 Å². The molecule has 22 heavy (non-hydrogen) atoms. The number of anilines is 2. The van der Waals surface area contributed by atoms with E-state index in [9.17, 15) is 13.2 Å². The third-order valence-corrected chi connectivity index (χ3v) is 3.03. The second-order valence-electron chi connectivity index (χ2n) is 4.49. The lowest BCUT2D eigenvalue weighted by Gasteiger charge is -2.09. The smallest absolute Gasteiger partial charge is 0.436 e. The molecule has 0 amide bonds. The van der Waals surface area contributed by atoms with Crippen LogP contribution in [0.1, 0.15) is 0 Å². The third-order valence-electron chi connectivity index (χ3n) is 3.03. The van der Waals surface area contributed by atoms with Gasteiger partial charge in [-0.2, -0.15) is 0 Å². The Bertz CT molecular complexity index is 826. The average molecular weight is 309 g/mol. The maximum atomic E-state index is 12.1. The van der Waals surface area contributed by atoms with E-state index in [1.165, 1.54) is 30.5 Å². The fourth-order valence-corrected chi connectivity index (χ4v) is 2.08. The van der Waals surface area contributed by atoms with Crippen molar-refractivity contribution in [1.82, 2.24) is 4.98 Å². The third kappa shape index (κ3) is 2.50. The predicted molar refractivity (Wildman–Crippen MR) is 75.0 cm³/mol. The van der Waals surface area contributed by atoms with Gasteiger partial charge >= 0.3 is 6.36 Å². The van der Waals surface area contributed by atoms with Crippen LogP contribution in [0.2, 0.25) is 0 Å². The molecule has 8 heteroatoms. The second kappa shape index (κ2) is 4.83. The molecule has 4 N–H and O–H groups in total. The number of halogens is 3. The van der Waals surface area contributed by atoms with Crippen LogP contribution in [0.4, 0.5) is 24.7 Å². The minimum Gasteiger partial charge on any atom is -0.436 e. The zero-order valence-electron chi connectivity index (χ0n) is 11.0. The SMILES string of the molecule is Nc1oc2c(-c3ccc(OC(F)(F)F)cc3)nccc2c1N. The summed E-state index contributed by atoms with van der Waals surface area (Å²) in [7, 11) is 0. The largest absolute Gasteiger partial charge is 0.573 e. The van der Waals surface area contributed by atoms with E-state index in [0.29, 0.717) is 27.9 Å². The average Bonchev–Trinajstić information content (AvgIpc) is 2.74. The molecule has 3 aromatic rings. The first-order valence-corrected chi connectivity index (χ1v) is 6.14. The Morgan fingerprint density at radius 2 is 1.73 bits per heavy atom. The summed E-state index contributed by atoms with van der Waals surface area (Å²) in [6, 6.07) is 6.92. The highest BCUT2D eigenvalue weighted by Gasteiger charge is 2.31. The number of hydrogen-bond donors (Lipinski definition) is 2. The Kier molecular flexibility index (Phi) is 3.09. The molecule has 0 aliphatic rings. The molecule has 2 heterocycles. The molecule has 3 rings (SSSR count). The molecule has 0 bridgehead atoms. The van der Waals surface area contributed by atoms with Gasteiger partial charge in [0.2, 0.25) is 5.88 Å². The van der Waals surface area contributed by atoms with E-state index in [1.807, 2.05) is 0 Å². The lowest BCUT2D eigenvalue weighted by Crippen LogP contribution is -2.16. The molecule has 0 spiro atoms. The molecule has 0 radical (unpaired) electrons. The second-order valence-corrected chi connectivity index (χ2v) is 4.49. The van der Waals surface area contributed by atoms with Gasteiger partial charge in [-0.1, -0.05) is 0 Å². The maximum Gasteiger partial charge on any atom is 0.573 e. The lowest BCUT2D eigenvalue weighted by molar-refractivity contribution is -0.274. The summed E-state index contributed by atoms with van der Waals surface area (Å²) in [5.41, 5.74) is 13.1. The Labute approximate surface area is 122 Å². The van der Waals surface area contributed by atoms with Crippen LogP contribution >= 0.6 is 0 Å². The fraction of sp³-hybridized carbons (Fsp3) is 0.0714. The molecule has 0 atom stereocenters. The van der Waals surface area contributed by atoms with Gasteiger partial charge < -0.3 is 20.6 Å². The van der Waals surface area contributed by atoms with Crippen LogP contribution in [0.15, 0.2) is 40.9 Å². The van der Waals surface area contributed by atoms with E-state index in [0.717, 1.165) is 0 Å². The number of pyridine rings is 1. The number of nitrogen functional groups attached to an aromatic ring is 2. The van der Waals surface area contributed by atoms with Gasteiger partial charge in [0, 0.05) is 17.1 Å². The first-order valence-electron chi connectivity index (χ1n) is 6.14. The van der Waals surface area contributed by atoms with E-state index in [4.69, 9.17) is 15.9 Å². The van der Waals surface area contributed by atoms with Crippen molar-refractivity contribution >= 4 is 22.5 Å². The number of hydrogen-bond acceptors (Lipinski definition) is 5. The topological polar surface area (TPSA) is 87.3 Å². The van der Waals surface area contributed by atoms with E-state index in [2.05, 4.69) is 9.72 Å². The highest BCUT2D eigenvalue weighted by Crippen LogP contribution is 2.36. The molecular formula is C14H10F3N3O2. The summed E-state index contributed by atoms with van der Waals surface area (Å²) >= 11 is 0. The van der Waals surface area contributed by atoms with E-state index in [-0.39, 0.29) is 11.6 Å². The van der Waals surface area contributed by atoms with Crippen molar-refractivity contribution in [3.8, 4) is 17.0 Å². The molecule has 5 nitrogen and oxygen atoms in total. The summed E-state index contributed by atoms with van der Waals surface area (Å²) in [5.74, 6) is -0.247. The predicted octanol–water partition coefficient (Wildman–Crippen LogP) is 3.56. The van der Waals surface area contributed by atoms with Gasteiger partial charge in [0.25, 0.3) is 0 Å². The number of benzene rings is 1. The zero-order chi connectivity index (χ0) is 15.9. The normalized spacial score (nSPS) is 11.8. The van der Waals surface area contributed by atoms with Gasteiger partial charge in [0.15, 0.2) is 5.58 Å². The number of nitrogens with zero attached hydrogens (tertiary/aromatic N) is 1. The van der Waals surface area contributed by atoms with Gasteiger partial charge in [-0.3, -0.25) is 4.98 Å². The first-order chi connectivity index (χ1) is 10.3. The Morgan fingerprint density at radius 3 is 2.36 bits per heavy atom. The molecule has 2 aromatic heterocycles. The first kappa shape index (κ1) is 14.1. The lowest BCUT2D eigenvalue weighted by atomic mass is 10.1. The van der Waals surface area contributed by atoms with Crippen molar-refractivity contribution in [3.05, 3.63) is 36.5 Å². The minimum atomic E-state index is -4.73. The molecular weight excluding hydrogens is 299 g/mol. The van der Waals surface area contributed by atoms with Crippen LogP contribution in [0.3, 0.4) is 0 Å². The Balaban J connectivity index is 2.03. The van der Waals surface area contributed by atoms with Crippen LogP contribution < -0.4 is 16.2 Å². The summed E-state index contributed by atoms with van der Waals surface area (Å²) in [4.78, 5) is 4.17. The number of alkyl halides is 3. The number of aromatic nitrogens is 1. The van der Waals surface area contributed by atoms with Crippen LogP contribution in [0.25, 0.3) is 22.2 Å². The standard InChI is InChI=1S/C14H10F3N3O2/c15-14(16,17)22-8-3-1-7(2-4-8)11-12-9(5-6-20-11)10(18)13(19)21-12/h1-6H,18-19H2. The molecule has 0 aliphatic carbocycles. The van der Waals surface area contributed by atoms with Crippen molar-refractivity contribution < 1.29 is 22.3 Å². The number of rotatable bonds is 2. The quantitative estimate of drug-likeness (QED) is 0.755. The number of furan rings is 1. The summed E-state index contributed by atoms with van der Waals surface area (Å²) in [5, 5.41) is 0.595. The molecule has 114 valence electrons. The van der Waals surface area contributed by atoms with Gasteiger partial charge in [-0.25, -0.2) is 0 Å². The molecule has 1 aromatic carbocycles. The number of ether oxygens (including phenoxy) is 1. The highest BCUT2D eigenvalue weighted by molar-refractivity contribution is 6.01. The monoisotopic (exact) mass is 309 g/mol.